The average Bonchev–Trinajstić information content (AvgIpc) is 3.52. The molecule has 0 bridgehead atoms. The third-order valence-electron chi connectivity index (χ3n) is 12.4. The highest BCUT2D eigenvalue weighted by Crippen LogP contribution is 2.53. The summed E-state index contributed by atoms with van der Waals surface area (Å²) >= 11 is 0. The average molecular weight is 740 g/mol. The molecular weight excluding hydrogens is 699 g/mol. The standard InChI is InChI=1S/C57H41N/c1-57(2)52-28-16-15-27-50(52)56-45-22-10-9-21-44(45)51(37-53(56)57)38-29-31-39(32-30-38)54-46-23-11-13-25-48(46)55(49-26-14-12-24-47(49)54)40-33-35-43(36-34-40)58(41-17-5-3-6-18-41)42-19-7-4-8-20-42/h3-37H,1-2H3. The van der Waals surface area contributed by atoms with Gasteiger partial charge < -0.3 is 4.90 Å². The van der Waals surface area contributed by atoms with Crippen molar-refractivity contribution in [1.29, 1.82) is 0 Å². The summed E-state index contributed by atoms with van der Waals surface area (Å²) in [5.41, 5.74) is 16.3. The van der Waals surface area contributed by atoms with Crippen molar-refractivity contribution in [2.75, 3.05) is 4.90 Å². The van der Waals surface area contributed by atoms with Gasteiger partial charge in [0.25, 0.3) is 0 Å². The number of rotatable bonds is 6. The van der Waals surface area contributed by atoms with Crippen LogP contribution in [0, 0.1) is 0 Å². The van der Waals surface area contributed by atoms with Crippen molar-refractivity contribution >= 4 is 49.4 Å². The van der Waals surface area contributed by atoms with Crippen molar-refractivity contribution in [1.82, 2.24) is 0 Å². The van der Waals surface area contributed by atoms with Crippen LogP contribution in [0.25, 0.3) is 76.8 Å². The van der Waals surface area contributed by atoms with Crippen LogP contribution in [0.5, 0.6) is 0 Å². The highest BCUT2D eigenvalue weighted by molar-refractivity contribution is 6.21. The second kappa shape index (κ2) is 13.5. The summed E-state index contributed by atoms with van der Waals surface area (Å²) < 4.78 is 0. The molecule has 10 aromatic carbocycles. The fourth-order valence-electron chi connectivity index (χ4n) is 9.73. The van der Waals surface area contributed by atoms with Gasteiger partial charge in [0.15, 0.2) is 0 Å². The van der Waals surface area contributed by atoms with Crippen molar-refractivity contribution in [3.8, 4) is 44.5 Å². The Morgan fingerprint density at radius 1 is 0.293 bits per heavy atom. The summed E-state index contributed by atoms with van der Waals surface area (Å²) in [7, 11) is 0. The molecule has 0 saturated heterocycles. The van der Waals surface area contributed by atoms with Crippen molar-refractivity contribution in [3.63, 3.8) is 0 Å². The van der Waals surface area contributed by atoms with Gasteiger partial charge in [-0.15, -0.1) is 0 Å². The highest BCUT2D eigenvalue weighted by Gasteiger charge is 2.37. The molecule has 0 heterocycles. The first-order valence-electron chi connectivity index (χ1n) is 20.3. The molecule has 0 unspecified atom stereocenters. The van der Waals surface area contributed by atoms with Crippen molar-refractivity contribution in [2.24, 2.45) is 0 Å². The molecule has 0 fully saturated rings. The monoisotopic (exact) mass is 739 g/mol. The molecule has 0 spiro atoms. The predicted octanol–water partition coefficient (Wildman–Crippen LogP) is 15.9. The zero-order chi connectivity index (χ0) is 38.8. The lowest BCUT2D eigenvalue weighted by molar-refractivity contribution is 0.661. The van der Waals surface area contributed by atoms with E-state index in [2.05, 4.69) is 231 Å². The van der Waals surface area contributed by atoms with E-state index in [0.717, 1.165) is 17.1 Å². The summed E-state index contributed by atoms with van der Waals surface area (Å²) in [5, 5.41) is 7.63. The Morgan fingerprint density at radius 2 is 0.672 bits per heavy atom. The largest absolute Gasteiger partial charge is 0.311 e. The van der Waals surface area contributed by atoms with Gasteiger partial charge in [0.2, 0.25) is 0 Å². The minimum Gasteiger partial charge on any atom is -0.311 e. The lowest BCUT2D eigenvalue weighted by Crippen LogP contribution is -2.15. The van der Waals surface area contributed by atoms with Crippen LogP contribution in [-0.4, -0.2) is 0 Å². The number of hydrogen-bond donors (Lipinski definition) is 0. The summed E-state index contributed by atoms with van der Waals surface area (Å²) in [4.78, 5) is 2.32. The van der Waals surface area contributed by atoms with Crippen molar-refractivity contribution in [2.45, 2.75) is 19.3 Å². The SMILES string of the molecule is CC1(C)c2ccccc2-c2c1cc(-c1ccc(-c3c4ccccc4c(-c4ccc(N(c5ccccc5)c5ccccc5)cc4)c4ccccc34)cc1)c1ccccc21. The maximum atomic E-state index is 2.47. The summed E-state index contributed by atoms with van der Waals surface area (Å²) in [6.45, 7) is 4.75. The summed E-state index contributed by atoms with van der Waals surface area (Å²) in [6, 6.07) is 77.9. The highest BCUT2D eigenvalue weighted by atomic mass is 15.1. The molecular formula is C57H41N. The van der Waals surface area contributed by atoms with Crippen molar-refractivity contribution < 1.29 is 0 Å². The third kappa shape index (κ3) is 5.31. The molecule has 0 aliphatic heterocycles. The Morgan fingerprint density at radius 3 is 1.19 bits per heavy atom. The first-order valence-corrected chi connectivity index (χ1v) is 20.3. The molecule has 274 valence electrons. The van der Waals surface area contributed by atoms with Crippen LogP contribution < -0.4 is 4.90 Å². The van der Waals surface area contributed by atoms with Gasteiger partial charge in [0, 0.05) is 22.5 Å². The van der Waals surface area contributed by atoms with Gasteiger partial charge in [-0.1, -0.05) is 184 Å². The molecule has 58 heavy (non-hydrogen) atoms. The van der Waals surface area contributed by atoms with Gasteiger partial charge in [-0.25, -0.2) is 0 Å². The quantitative estimate of drug-likeness (QED) is 0.154. The lowest BCUT2D eigenvalue weighted by atomic mass is 9.80. The molecule has 0 saturated carbocycles. The molecule has 1 aliphatic rings. The van der Waals surface area contributed by atoms with E-state index >= 15 is 0 Å². The first-order chi connectivity index (χ1) is 28.6. The van der Waals surface area contributed by atoms with E-state index in [1.807, 2.05) is 0 Å². The number of anilines is 3. The molecule has 0 amide bonds. The number of hydrogen-bond acceptors (Lipinski definition) is 1. The number of nitrogens with zero attached hydrogens (tertiary/aromatic N) is 1. The topological polar surface area (TPSA) is 3.24 Å². The van der Waals surface area contributed by atoms with E-state index in [4.69, 9.17) is 0 Å². The van der Waals surface area contributed by atoms with Gasteiger partial charge in [0.05, 0.1) is 0 Å². The van der Waals surface area contributed by atoms with Crippen LogP contribution in [0.4, 0.5) is 17.1 Å². The van der Waals surface area contributed by atoms with Gasteiger partial charge in [-0.05, 0) is 130 Å². The Kier molecular flexibility index (Phi) is 7.91. The van der Waals surface area contributed by atoms with Crippen LogP contribution in [0.3, 0.4) is 0 Å². The summed E-state index contributed by atoms with van der Waals surface area (Å²) in [5.74, 6) is 0. The van der Waals surface area contributed by atoms with Crippen LogP contribution in [0.2, 0.25) is 0 Å². The zero-order valence-corrected chi connectivity index (χ0v) is 32.7. The minimum atomic E-state index is -0.0757. The second-order valence-corrected chi connectivity index (χ2v) is 16.0. The summed E-state index contributed by atoms with van der Waals surface area (Å²) in [6.07, 6.45) is 0. The zero-order valence-electron chi connectivity index (χ0n) is 32.7. The molecule has 0 atom stereocenters. The smallest absolute Gasteiger partial charge is 0.0462 e. The van der Waals surface area contributed by atoms with Crippen LogP contribution in [0.15, 0.2) is 212 Å². The van der Waals surface area contributed by atoms with Gasteiger partial charge >= 0.3 is 0 Å². The van der Waals surface area contributed by atoms with E-state index in [1.54, 1.807) is 0 Å². The van der Waals surface area contributed by atoms with E-state index in [9.17, 15) is 0 Å². The fourth-order valence-corrected chi connectivity index (χ4v) is 9.73. The van der Waals surface area contributed by atoms with Gasteiger partial charge in [0.1, 0.15) is 0 Å². The van der Waals surface area contributed by atoms with Gasteiger partial charge in [-0.2, -0.15) is 0 Å². The minimum absolute atomic E-state index is 0.0757. The molecule has 1 heteroatoms. The Balaban J connectivity index is 1.03. The van der Waals surface area contributed by atoms with Gasteiger partial charge in [-0.3, -0.25) is 0 Å². The molecule has 11 rings (SSSR count). The Labute approximate surface area is 340 Å². The first kappa shape index (κ1) is 34.1. The molecule has 1 aliphatic carbocycles. The van der Waals surface area contributed by atoms with E-state index in [1.165, 1.54) is 88.0 Å². The number of benzene rings is 10. The van der Waals surface area contributed by atoms with E-state index < -0.39 is 0 Å². The molecule has 10 aromatic rings. The molecule has 0 aromatic heterocycles. The second-order valence-electron chi connectivity index (χ2n) is 16.0. The molecule has 0 N–H and O–H groups in total. The maximum Gasteiger partial charge on any atom is 0.0462 e. The van der Waals surface area contributed by atoms with Crippen LogP contribution >= 0.6 is 0 Å². The maximum absolute atomic E-state index is 2.47. The Hall–Kier alpha value is -7.22. The Bertz CT molecular complexity index is 3060. The fraction of sp³-hybridized carbons (Fsp3) is 0.0526. The lowest BCUT2D eigenvalue weighted by Gasteiger charge is -2.25. The predicted molar refractivity (Wildman–Crippen MR) is 248 cm³/mol. The van der Waals surface area contributed by atoms with Crippen LogP contribution in [0.1, 0.15) is 25.0 Å². The molecule has 1 nitrogen and oxygen atoms in total. The van der Waals surface area contributed by atoms with E-state index in [-0.39, 0.29) is 5.41 Å². The van der Waals surface area contributed by atoms with E-state index in [0.29, 0.717) is 0 Å². The van der Waals surface area contributed by atoms with Crippen molar-refractivity contribution in [3.05, 3.63) is 223 Å². The number of fused-ring (bicyclic) bond motifs is 7. The third-order valence-corrected chi connectivity index (χ3v) is 12.4. The number of para-hydroxylation sites is 2. The molecule has 0 radical (unpaired) electrons. The van der Waals surface area contributed by atoms with Crippen LogP contribution in [-0.2, 0) is 5.41 Å². The normalized spacial score (nSPS) is 12.8.